The van der Waals surface area contributed by atoms with E-state index in [2.05, 4.69) is 24.3 Å². The van der Waals surface area contributed by atoms with Crippen LogP contribution < -0.4 is 10.5 Å². The lowest BCUT2D eigenvalue weighted by atomic mass is 10.2. The molecule has 0 atom stereocenters. The van der Waals surface area contributed by atoms with Crippen molar-refractivity contribution in [2.75, 3.05) is 12.3 Å². The zero-order valence-electron chi connectivity index (χ0n) is 10.4. The number of hydrogen-bond acceptors (Lipinski definition) is 3. The Balaban J connectivity index is 2.03. The van der Waals surface area contributed by atoms with Gasteiger partial charge in [-0.15, -0.1) is 11.8 Å². The van der Waals surface area contributed by atoms with E-state index < -0.39 is 0 Å². The fourth-order valence-corrected chi connectivity index (χ4v) is 2.51. The predicted molar refractivity (Wildman–Crippen MR) is 78.0 cm³/mol. The van der Waals surface area contributed by atoms with Gasteiger partial charge in [0, 0.05) is 10.6 Å². The highest BCUT2D eigenvalue weighted by Crippen LogP contribution is 2.30. The Labute approximate surface area is 112 Å². The van der Waals surface area contributed by atoms with Gasteiger partial charge in [0.1, 0.15) is 5.75 Å². The second-order valence-electron chi connectivity index (χ2n) is 3.91. The maximum atomic E-state index is 5.85. The maximum absolute atomic E-state index is 5.85. The lowest BCUT2D eigenvalue weighted by Gasteiger charge is -2.09. The smallest absolute Gasteiger partial charge is 0.143 e. The summed E-state index contributed by atoms with van der Waals surface area (Å²) in [4.78, 5) is 1.18. The lowest BCUT2D eigenvalue weighted by molar-refractivity contribution is 0.341. The van der Waals surface area contributed by atoms with Crippen LogP contribution in [0.4, 0.5) is 5.69 Å². The Morgan fingerprint density at radius 3 is 2.61 bits per heavy atom. The lowest BCUT2D eigenvalue weighted by Crippen LogP contribution is -1.96. The van der Waals surface area contributed by atoms with Crippen molar-refractivity contribution in [1.82, 2.24) is 0 Å². The van der Waals surface area contributed by atoms with Crippen LogP contribution in [0.25, 0.3) is 0 Å². The molecule has 0 bridgehead atoms. The van der Waals surface area contributed by atoms with Gasteiger partial charge in [-0.05, 0) is 30.7 Å². The first-order chi connectivity index (χ1) is 8.79. The zero-order valence-corrected chi connectivity index (χ0v) is 11.2. The van der Waals surface area contributed by atoms with E-state index in [1.165, 1.54) is 10.5 Å². The van der Waals surface area contributed by atoms with Gasteiger partial charge >= 0.3 is 0 Å². The summed E-state index contributed by atoms with van der Waals surface area (Å²) >= 11 is 1.79. The molecule has 0 amide bonds. The van der Waals surface area contributed by atoms with E-state index >= 15 is 0 Å². The molecule has 2 nitrogen and oxygen atoms in total. The third-order valence-corrected chi connectivity index (χ3v) is 3.60. The van der Waals surface area contributed by atoms with Gasteiger partial charge in [0.25, 0.3) is 0 Å². The number of hydrogen-bond donors (Lipinski definition) is 1. The minimum Gasteiger partial charge on any atom is -0.492 e. The van der Waals surface area contributed by atoms with Crippen molar-refractivity contribution in [2.24, 2.45) is 0 Å². The molecule has 0 unspecified atom stereocenters. The molecule has 0 saturated heterocycles. The fraction of sp³-hybridized carbons (Fsp3) is 0.200. The highest BCUT2D eigenvalue weighted by molar-refractivity contribution is 7.98. The molecule has 0 aliphatic heterocycles. The molecule has 0 saturated carbocycles. The summed E-state index contributed by atoms with van der Waals surface area (Å²) in [6, 6.07) is 16.4. The van der Waals surface area contributed by atoms with E-state index in [0.717, 1.165) is 11.5 Å². The summed E-state index contributed by atoms with van der Waals surface area (Å²) in [5.74, 6) is 1.73. The molecule has 0 aromatic heterocycles. The average Bonchev–Trinajstić information content (AvgIpc) is 2.41. The standard InChI is InChI=1S/C15H17NOS/c1-2-17-15-10-13(8-9-14(15)16)18-11-12-6-4-3-5-7-12/h3-10H,2,11,16H2,1H3. The summed E-state index contributed by atoms with van der Waals surface area (Å²) in [6.45, 7) is 2.60. The van der Waals surface area contributed by atoms with Crippen molar-refractivity contribution in [1.29, 1.82) is 0 Å². The van der Waals surface area contributed by atoms with E-state index in [4.69, 9.17) is 10.5 Å². The van der Waals surface area contributed by atoms with E-state index in [-0.39, 0.29) is 0 Å². The number of nitrogen functional groups attached to an aromatic ring is 1. The molecule has 0 fully saturated rings. The average molecular weight is 259 g/mol. The van der Waals surface area contributed by atoms with Crippen LogP contribution in [0.1, 0.15) is 12.5 Å². The van der Waals surface area contributed by atoms with Crippen LogP contribution in [-0.4, -0.2) is 6.61 Å². The largest absolute Gasteiger partial charge is 0.492 e. The van der Waals surface area contributed by atoms with Crippen molar-refractivity contribution in [3.63, 3.8) is 0 Å². The zero-order chi connectivity index (χ0) is 12.8. The Hall–Kier alpha value is -1.61. The first kappa shape index (κ1) is 12.8. The van der Waals surface area contributed by atoms with Crippen LogP contribution in [0.5, 0.6) is 5.75 Å². The van der Waals surface area contributed by atoms with Crippen molar-refractivity contribution < 1.29 is 4.74 Å². The molecule has 94 valence electrons. The van der Waals surface area contributed by atoms with Gasteiger partial charge in [0.15, 0.2) is 0 Å². The van der Waals surface area contributed by atoms with Crippen LogP contribution in [0.2, 0.25) is 0 Å². The molecule has 2 N–H and O–H groups in total. The van der Waals surface area contributed by atoms with Gasteiger partial charge in [-0.25, -0.2) is 0 Å². The number of rotatable bonds is 5. The molecule has 2 aromatic rings. The van der Waals surface area contributed by atoms with Gasteiger partial charge in [-0.2, -0.15) is 0 Å². The molecule has 3 heteroatoms. The van der Waals surface area contributed by atoms with Crippen molar-refractivity contribution >= 4 is 17.4 Å². The van der Waals surface area contributed by atoms with Gasteiger partial charge in [0.2, 0.25) is 0 Å². The van der Waals surface area contributed by atoms with Gasteiger partial charge in [-0.3, -0.25) is 0 Å². The number of nitrogens with two attached hydrogens (primary N) is 1. The van der Waals surface area contributed by atoms with E-state index in [1.807, 2.05) is 31.2 Å². The predicted octanol–water partition coefficient (Wildman–Crippen LogP) is 3.96. The molecule has 0 heterocycles. The van der Waals surface area contributed by atoms with Gasteiger partial charge in [0.05, 0.1) is 12.3 Å². The Morgan fingerprint density at radius 2 is 1.89 bits per heavy atom. The quantitative estimate of drug-likeness (QED) is 0.652. The van der Waals surface area contributed by atoms with Crippen molar-refractivity contribution in [3.05, 3.63) is 54.1 Å². The summed E-state index contributed by atoms with van der Waals surface area (Å²) < 4.78 is 5.49. The molecule has 0 radical (unpaired) electrons. The first-order valence-electron chi connectivity index (χ1n) is 5.98. The number of anilines is 1. The highest BCUT2D eigenvalue weighted by Gasteiger charge is 2.02. The Kier molecular flexibility index (Phi) is 4.53. The number of ether oxygens (including phenoxy) is 1. The SMILES string of the molecule is CCOc1cc(SCc2ccccc2)ccc1N. The highest BCUT2D eigenvalue weighted by atomic mass is 32.2. The number of thioether (sulfide) groups is 1. The Morgan fingerprint density at radius 1 is 1.11 bits per heavy atom. The molecular weight excluding hydrogens is 242 g/mol. The van der Waals surface area contributed by atoms with Crippen molar-refractivity contribution in [3.8, 4) is 5.75 Å². The van der Waals surface area contributed by atoms with Crippen LogP contribution in [-0.2, 0) is 5.75 Å². The second kappa shape index (κ2) is 6.36. The first-order valence-corrected chi connectivity index (χ1v) is 6.97. The minimum atomic E-state index is 0.636. The van der Waals surface area contributed by atoms with Gasteiger partial charge in [-0.1, -0.05) is 30.3 Å². The van der Waals surface area contributed by atoms with E-state index in [9.17, 15) is 0 Å². The fourth-order valence-electron chi connectivity index (χ4n) is 1.63. The third kappa shape index (κ3) is 3.44. The third-order valence-electron chi connectivity index (χ3n) is 2.53. The van der Waals surface area contributed by atoms with Crippen LogP contribution in [0.15, 0.2) is 53.4 Å². The Bertz CT molecular complexity index is 499. The minimum absolute atomic E-state index is 0.636. The molecule has 18 heavy (non-hydrogen) atoms. The number of benzene rings is 2. The molecule has 0 spiro atoms. The van der Waals surface area contributed by atoms with E-state index in [1.54, 1.807) is 11.8 Å². The monoisotopic (exact) mass is 259 g/mol. The van der Waals surface area contributed by atoms with Crippen LogP contribution >= 0.6 is 11.8 Å². The molecule has 2 aromatic carbocycles. The normalized spacial score (nSPS) is 10.3. The summed E-state index contributed by atoms with van der Waals surface area (Å²) in [5.41, 5.74) is 7.86. The molecule has 0 aliphatic rings. The maximum Gasteiger partial charge on any atom is 0.143 e. The van der Waals surface area contributed by atoms with Crippen molar-refractivity contribution in [2.45, 2.75) is 17.6 Å². The summed E-state index contributed by atoms with van der Waals surface area (Å²) in [5, 5.41) is 0. The summed E-state index contributed by atoms with van der Waals surface area (Å²) in [7, 11) is 0. The van der Waals surface area contributed by atoms with Gasteiger partial charge < -0.3 is 10.5 Å². The topological polar surface area (TPSA) is 35.2 Å². The van der Waals surface area contributed by atoms with Crippen LogP contribution in [0.3, 0.4) is 0 Å². The second-order valence-corrected chi connectivity index (χ2v) is 4.96. The van der Waals surface area contributed by atoms with E-state index in [0.29, 0.717) is 12.3 Å². The van der Waals surface area contributed by atoms with Crippen LogP contribution in [0, 0.1) is 0 Å². The molecular formula is C15H17NOS. The molecule has 2 rings (SSSR count). The molecule has 0 aliphatic carbocycles. The summed E-state index contributed by atoms with van der Waals surface area (Å²) in [6.07, 6.45) is 0.